The lowest BCUT2D eigenvalue weighted by Gasteiger charge is -2.26. The zero-order valence-corrected chi connectivity index (χ0v) is 21.6. The number of rotatable bonds is 8. The molecule has 3 aromatic heterocycles. The Morgan fingerprint density at radius 2 is 1.92 bits per heavy atom. The van der Waals surface area contributed by atoms with Crippen molar-refractivity contribution in [1.29, 1.82) is 0 Å². The van der Waals surface area contributed by atoms with Crippen molar-refractivity contribution in [3.63, 3.8) is 0 Å². The molecule has 39 heavy (non-hydrogen) atoms. The maximum absolute atomic E-state index is 11.9. The number of nitrogens with one attached hydrogen (secondary N) is 3. The van der Waals surface area contributed by atoms with Gasteiger partial charge in [0, 0.05) is 18.2 Å². The lowest BCUT2D eigenvalue weighted by molar-refractivity contribution is 0.0965. The lowest BCUT2D eigenvalue weighted by Crippen LogP contribution is -2.29. The first-order valence-corrected chi connectivity index (χ1v) is 13.1. The number of amides is 1. The minimum atomic E-state index is -0.369. The van der Waals surface area contributed by atoms with Crippen LogP contribution in [0.5, 0.6) is 0 Å². The van der Waals surface area contributed by atoms with E-state index >= 15 is 0 Å². The van der Waals surface area contributed by atoms with E-state index in [-0.39, 0.29) is 24.5 Å². The molecule has 1 fully saturated rings. The minimum absolute atomic E-state index is 0.117. The smallest absolute Gasteiger partial charge is 0.261 e. The molecule has 5 heterocycles. The molecule has 4 N–H and O–H groups in total. The maximum Gasteiger partial charge on any atom is 0.261 e. The quantitative estimate of drug-likeness (QED) is 0.270. The Morgan fingerprint density at radius 1 is 1.10 bits per heavy atom. The number of fused-ring (bicyclic) bond motifs is 1. The summed E-state index contributed by atoms with van der Waals surface area (Å²) in [5.74, 6) is 2.32. The van der Waals surface area contributed by atoms with Gasteiger partial charge in [-0.3, -0.25) is 4.79 Å². The largest absolute Gasteiger partial charge is 0.394 e. The van der Waals surface area contributed by atoms with Gasteiger partial charge >= 0.3 is 0 Å². The second-order valence-electron chi connectivity index (χ2n) is 9.94. The number of carbonyl (C=O) groups is 1. The number of likely N-dealkylation sites (tertiary alicyclic amines) is 1. The van der Waals surface area contributed by atoms with E-state index in [1.54, 1.807) is 18.3 Å². The van der Waals surface area contributed by atoms with Crippen LogP contribution in [0.15, 0.2) is 59.3 Å². The Kier molecular flexibility index (Phi) is 6.91. The standard InChI is InChI=1S/C28H30N8O3/c1-36-11-9-18(10-12-36)26-34-28(39-35-26)20-14-29-25(33-24-8-7-19-22(32-24)15-30-27(19)38)13-21(20)31-23(16-37)17-5-3-2-4-6-17/h2-8,13-14,18,23,37H,9-12,15-16H2,1H3,(H,30,38)(H2,29,31,32,33)/t23-/m1/s1. The molecule has 0 saturated carbocycles. The van der Waals surface area contributed by atoms with Crippen LogP contribution in [0.2, 0.25) is 0 Å². The predicted octanol–water partition coefficient (Wildman–Crippen LogP) is 3.47. The fraction of sp³-hybridized carbons (Fsp3) is 0.321. The van der Waals surface area contributed by atoms with Crippen molar-refractivity contribution in [3.05, 3.63) is 77.4 Å². The van der Waals surface area contributed by atoms with E-state index < -0.39 is 0 Å². The summed E-state index contributed by atoms with van der Waals surface area (Å²) in [6, 6.07) is 14.7. The molecule has 1 amide bonds. The number of nitrogens with zero attached hydrogens (tertiary/aromatic N) is 5. The average molecular weight is 527 g/mol. The molecule has 6 rings (SSSR count). The van der Waals surface area contributed by atoms with Gasteiger partial charge in [-0.15, -0.1) is 0 Å². The Hall–Kier alpha value is -4.35. The van der Waals surface area contributed by atoms with Crippen LogP contribution in [-0.4, -0.2) is 62.8 Å². The molecule has 0 spiro atoms. The second kappa shape index (κ2) is 10.8. The summed E-state index contributed by atoms with van der Waals surface area (Å²) in [5, 5.41) is 24.0. The van der Waals surface area contributed by atoms with Crippen LogP contribution in [0.4, 0.5) is 17.3 Å². The molecule has 0 bridgehead atoms. The van der Waals surface area contributed by atoms with Crippen LogP contribution in [0, 0.1) is 0 Å². The number of aromatic nitrogens is 4. The highest BCUT2D eigenvalue weighted by Crippen LogP contribution is 2.34. The van der Waals surface area contributed by atoms with Crippen LogP contribution >= 0.6 is 0 Å². The van der Waals surface area contributed by atoms with Crippen LogP contribution < -0.4 is 16.0 Å². The molecule has 200 valence electrons. The Labute approximate surface area is 225 Å². The van der Waals surface area contributed by atoms with E-state index in [1.165, 1.54) is 0 Å². The van der Waals surface area contributed by atoms with Crippen molar-refractivity contribution in [2.45, 2.75) is 31.3 Å². The van der Waals surface area contributed by atoms with Crippen molar-refractivity contribution in [3.8, 4) is 11.5 Å². The van der Waals surface area contributed by atoms with Crippen LogP contribution in [0.3, 0.4) is 0 Å². The van der Waals surface area contributed by atoms with Gasteiger partial charge in [-0.2, -0.15) is 4.98 Å². The highest BCUT2D eigenvalue weighted by atomic mass is 16.5. The van der Waals surface area contributed by atoms with Crippen LogP contribution in [-0.2, 0) is 6.54 Å². The summed E-state index contributed by atoms with van der Waals surface area (Å²) < 4.78 is 5.72. The third-order valence-corrected chi connectivity index (χ3v) is 7.27. The Bertz CT molecular complexity index is 1470. The number of pyridine rings is 2. The van der Waals surface area contributed by atoms with Gasteiger partial charge in [0.05, 0.1) is 41.7 Å². The minimum Gasteiger partial charge on any atom is -0.394 e. The zero-order chi connectivity index (χ0) is 26.8. The predicted molar refractivity (Wildman–Crippen MR) is 146 cm³/mol. The molecule has 2 aliphatic heterocycles. The molecule has 1 atom stereocenters. The normalized spacial score (nSPS) is 16.5. The first-order valence-electron chi connectivity index (χ1n) is 13.1. The molecular formula is C28H30N8O3. The zero-order valence-electron chi connectivity index (χ0n) is 21.6. The number of carbonyl (C=O) groups excluding carboxylic acids is 1. The first-order chi connectivity index (χ1) is 19.1. The van der Waals surface area contributed by atoms with Gasteiger partial charge in [0.15, 0.2) is 5.82 Å². The lowest BCUT2D eigenvalue weighted by atomic mass is 9.96. The van der Waals surface area contributed by atoms with Crippen molar-refractivity contribution in [2.75, 3.05) is 37.4 Å². The summed E-state index contributed by atoms with van der Waals surface area (Å²) >= 11 is 0. The summed E-state index contributed by atoms with van der Waals surface area (Å²) in [7, 11) is 2.12. The van der Waals surface area contributed by atoms with Crippen LogP contribution in [0.25, 0.3) is 11.5 Å². The number of aliphatic hydroxyl groups excluding tert-OH is 1. The third kappa shape index (κ3) is 5.31. The SMILES string of the molecule is CN1CCC(c2noc(-c3cnc(Nc4ccc5c(n4)CNC5=O)cc3N[C@H](CO)c3ccccc3)n2)CC1. The van der Waals surface area contributed by atoms with Crippen LogP contribution in [0.1, 0.15) is 52.2 Å². The highest BCUT2D eigenvalue weighted by Gasteiger charge is 2.25. The van der Waals surface area contributed by atoms with Gasteiger partial charge in [0.2, 0.25) is 0 Å². The topological polar surface area (TPSA) is 141 Å². The first kappa shape index (κ1) is 25.0. The molecular weight excluding hydrogens is 496 g/mol. The van der Waals surface area contributed by atoms with Crippen molar-refractivity contribution < 1.29 is 14.4 Å². The summed E-state index contributed by atoms with van der Waals surface area (Å²) in [6.07, 6.45) is 3.64. The molecule has 4 aromatic rings. The number of aliphatic hydroxyl groups is 1. The van der Waals surface area contributed by atoms with E-state index in [9.17, 15) is 9.90 Å². The molecule has 0 radical (unpaired) electrons. The van der Waals surface area contributed by atoms with Gasteiger partial charge in [0.25, 0.3) is 11.8 Å². The van der Waals surface area contributed by atoms with Gasteiger partial charge in [-0.25, -0.2) is 9.97 Å². The molecule has 11 heteroatoms. The van der Waals surface area contributed by atoms with Gasteiger partial charge in [-0.1, -0.05) is 35.5 Å². The number of anilines is 3. The van der Waals surface area contributed by atoms with E-state index in [2.05, 4.69) is 43.0 Å². The Morgan fingerprint density at radius 3 is 2.72 bits per heavy atom. The Balaban J connectivity index is 1.31. The van der Waals surface area contributed by atoms with E-state index in [0.717, 1.165) is 31.5 Å². The van der Waals surface area contributed by atoms with Gasteiger partial charge < -0.3 is 30.5 Å². The number of piperidine rings is 1. The van der Waals surface area contributed by atoms with Crippen molar-refractivity contribution in [1.82, 2.24) is 30.3 Å². The average Bonchev–Trinajstić information content (AvgIpc) is 3.60. The van der Waals surface area contributed by atoms with E-state index in [1.807, 2.05) is 36.4 Å². The second-order valence-corrected chi connectivity index (χ2v) is 9.94. The van der Waals surface area contributed by atoms with Gasteiger partial charge in [-0.05, 0) is 50.7 Å². The van der Waals surface area contributed by atoms with E-state index in [4.69, 9.17) is 9.51 Å². The molecule has 2 aliphatic rings. The maximum atomic E-state index is 11.9. The number of hydrogen-bond donors (Lipinski definition) is 4. The fourth-order valence-corrected chi connectivity index (χ4v) is 5.00. The molecule has 1 aromatic carbocycles. The van der Waals surface area contributed by atoms with Gasteiger partial charge in [0.1, 0.15) is 11.6 Å². The molecule has 0 aliphatic carbocycles. The monoisotopic (exact) mass is 526 g/mol. The number of hydrogen-bond acceptors (Lipinski definition) is 10. The summed E-state index contributed by atoms with van der Waals surface area (Å²) in [4.78, 5) is 28.1. The molecule has 11 nitrogen and oxygen atoms in total. The fourth-order valence-electron chi connectivity index (χ4n) is 5.00. The summed E-state index contributed by atoms with van der Waals surface area (Å²) in [6.45, 7) is 2.28. The van der Waals surface area contributed by atoms with E-state index in [0.29, 0.717) is 52.4 Å². The molecule has 1 saturated heterocycles. The van der Waals surface area contributed by atoms with Crippen molar-refractivity contribution >= 4 is 23.2 Å². The van der Waals surface area contributed by atoms with Crippen molar-refractivity contribution in [2.24, 2.45) is 0 Å². The third-order valence-electron chi connectivity index (χ3n) is 7.27. The summed E-state index contributed by atoms with van der Waals surface area (Å²) in [5.41, 5.74) is 3.52. The highest BCUT2D eigenvalue weighted by molar-refractivity contribution is 5.98. The number of benzene rings is 1. The molecule has 0 unspecified atom stereocenters.